The van der Waals surface area contributed by atoms with Crippen LogP contribution in [0.25, 0.3) is 16.7 Å². The van der Waals surface area contributed by atoms with Gasteiger partial charge in [-0.1, -0.05) is 29.3 Å². The van der Waals surface area contributed by atoms with Crippen molar-refractivity contribution in [1.29, 1.82) is 0 Å². The summed E-state index contributed by atoms with van der Waals surface area (Å²) in [4.78, 5) is 20.7. The molecule has 2 aromatic heterocycles. The fourth-order valence-corrected chi connectivity index (χ4v) is 3.68. The average molecular weight is 411 g/mol. The van der Waals surface area contributed by atoms with Gasteiger partial charge in [0.25, 0.3) is 0 Å². The Labute approximate surface area is 162 Å². The van der Waals surface area contributed by atoms with Gasteiger partial charge in [-0.25, -0.2) is 19.2 Å². The second kappa shape index (κ2) is 6.95. The van der Waals surface area contributed by atoms with E-state index in [1.54, 1.807) is 16.7 Å². The molecule has 3 heterocycles. The van der Waals surface area contributed by atoms with Gasteiger partial charge in [0.1, 0.15) is 22.5 Å². The molecule has 0 radical (unpaired) electrons. The number of carboxylic acid groups (broad SMARTS) is 1. The monoisotopic (exact) mass is 410 g/mol. The maximum atomic E-state index is 14.9. The lowest BCUT2D eigenvalue weighted by molar-refractivity contribution is -0.00197. The van der Waals surface area contributed by atoms with Gasteiger partial charge in [0.15, 0.2) is 5.65 Å². The lowest BCUT2D eigenvalue weighted by Crippen LogP contribution is -2.43. The highest BCUT2D eigenvalue weighted by Gasteiger charge is 2.30. The van der Waals surface area contributed by atoms with Crippen molar-refractivity contribution in [3.63, 3.8) is 0 Å². The van der Waals surface area contributed by atoms with E-state index in [0.29, 0.717) is 21.9 Å². The van der Waals surface area contributed by atoms with E-state index in [1.807, 2.05) is 0 Å². The van der Waals surface area contributed by atoms with Crippen molar-refractivity contribution in [3.8, 4) is 5.69 Å². The van der Waals surface area contributed by atoms with Gasteiger partial charge in [-0.15, -0.1) is 0 Å². The molecular weight excluding hydrogens is 398 g/mol. The van der Waals surface area contributed by atoms with E-state index in [-0.39, 0.29) is 30.5 Å². The van der Waals surface area contributed by atoms with E-state index in [1.165, 1.54) is 23.4 Å². The normalized spacial score (nSPS) is 17.4. The minimum atomic E-state index is -1.11. The molecule has 0 spiro atoms. The van der Waals surface area contributed by atoms with Crippen LogP contribution in [0.15, 0.2) is 30.6 Å². The molecule has 0 saturated carbocycles. The number of carbonyl (C=O) groups is 1. The van der Waals surface area contributed by atoms with Gasteiger partial charge in [-0.3, -0.25) is 9.47 Å². The number of morpholine rings is 1. The molecule has 1 aliphatic rings. The van der Waals surface area contributed by atoms with E-state index in [9.17, 15) is 14.3 Å². The molecule has 140 valence electrons. The van der Waals surface area contributed by atoms with Crippen LogP contribution in [0.4, 0.5) is 9.18 Å². The van der Waals surface area contributed by atoms with E-state index >= 15 is 0 Å². The van der Waals surface area contributed by atoms with Gasteiger partial charge in [0, 0.05) is 12.1 Å². The molecule has 1 atom stereocenters. The molecule has 1 unspecified atom stereocenters. The summed E-state index contributed by atoms with van der Waals surface area (Å²) in [6.07, 6.45) is 0.185. The number of hydrogen-bond donors (Lipinski definition) is 1. The first kappa shape index (κ1) is 18.0. The van der Waals surface area contributed by atoms with Crippen LogP contribution in [0.2, 0.25) is 10.3 Å². The zero-order valence-corrected chi connectivity index (χ0v) is 15.3. The molecule has 7 nitrogen and oxygen atoms in total. The average Bonchev–Trinajstić information content (AvgIpc) is 2.99. The van der Waals surface area contributed by atoms with Crippen LogP contribution in [0.1, 0.15) is 11.6 Å². The molecule has 1 aliphatic heterocycles. The number of fused-ring (bicyclic) bond motifs is 1. The van der Waals surface area contributed by atoms with Gasteiger partial charge in [0.2, 0.25) is 0 Å². The highest BCUT2D eigenvalue weighted by atomic mass is 35.5. The summed E-state index contributed by atoms with van der Waals surface area (Å²) >= 11 is 12.3. The van der Waals surface area contributed by atoms with Crippen molar-refractivity contribution in [2.24, 2.45) is 0 Å². The van der Waals surface area contributed by atoms with Gasteiger partial charge < -0.3 is 9.84 Å². The zero-order valence-electron chi connectivity index (χ0n) is 13.8. The Bertz CT molecular complexity index is 1040. The maximum absolute atomic E-state index is 14.9. The molecule has 1 fully saturated rings. The van der Waals surface area contributed by atoms with Gasteiger partial charge in [-0.2, -0.15) is 0 Å². The molecule has 1 saturated heterocycles. The fourth-order valence-electron chi connectivity index (χ4n) is 3.21. The SMILES string of the molecule is O=C(O)N1CCOCC1c1ccc(-n2c(Cl)cc3c(Cl)ncnc32)cc1F. The summed E-state index contributed by atoms with van der Waals surface area (Å²) in [7, 11) is 0. The number of rotatable bonds is 2. The zero-order chi connectivity index (χ0) is 19.1. The Hall–Kier alpha value is -2.42. The topological polar surface area (TPSA) is 80.5 Å². The van der Waals surface area contributed by atoms with E-state index in [2.05, 4.69) is 9.97 Å². The van der Waals surface area contributed by atoms with Crippen molar-refractivity contribution < 1.29 is 19.0 Å². The van der Waals surface area contributed by atoms with Gasteiger partial charge in [0.05, 0.1) is 30.3 Å². The number of hydrogen-bond acceptors (Lipinski definition) is 4. The Morgan fingerprint density at radius 1 is 1.30 bits per heavy atom. The second-order valence-electron chi connectivity index (χ2n) is 5.98. The number of benzene rings is 1. The predicted molar refractivity (Wildman–Crippen MR) is 97.1 cm³/mol. The first-order valence-corrected chi connectivity index (χ1v) is 8.77. The van der Waals surface area contributed by atoms with Crippen LogP contribution in [0.3, 0.4) is 0 Å². The largest absolute Gasteiger partial charge is 0.465 e. The van der Waals surface area contributed by atoms with E-state index in [4.69, 9.17) is 27.9 Å². The molecule has 10 heteroatoms. The summed E-state index contributed by atoms with van der Waals surface area (Å²) in [6.45, 7) is 0.567. The summed E-state index contributed by atoms with van der Waals surface area (Å²) in [5.41, 5.74) is 1.12. The molecule has 1 amide bonds. The summed E-state index contributed by atoms with van der Waals surface area (Å²) in [5, 5.41) is 10.4. The Balaban J connectivity index is 1.78. The molecule has 3 aromatic rings. The second-order valence-corrected chi connectivity index (χ2v) is 6.72. The Morgan fingerprint density at radius 3 is 2.85 bits per heavy atom. The molecule has 1 aromatic carbocycles. The quantitative estimate of drug-likeness (QED) is 0.647. The van der Waals surface area contributed by atoms with Crippen molar-refractivity contribution in [3.05, 3.63) is 52.3 Å². The number of nitrogens with zero attached hydrogens (tertiary/aromatic N) is 4. The number of ether oxygens (including phenoxy) is 1. The third-order valence-electron chi connectivity index (χ3n) is 4.48. The lowest BCUT2D eigenvalue weighted by atomic mass is 10.0. The van der Waals surface area contributed by atoms with Gasteiger partial charge in [-0.05, 0) is 18.2 Å². The molecule has 0 aliphatic carbocycles. The van der Waals surface area contributed by atoms with Crippen LogP contribution in [-0.4, -0.2) is 50.4 Å². The summed E-state index contributed by atoms with van der Waals surface area (Å²) in [5.74, 6) is -0.563. The molecule has 4 rings (SSSR count). The van der Waals surface area contributed by atoms with Crippen molar-refractivity contribution >= 4 is 40.3 Å². The minimum absolute atomic E-state index is 0.0958. The number of halogens is 3. The Morgan fingerprint density at radius 2 is 2.11 bits per heavy atom. The minimum Gasteiger partial charge on any atom is -0.465 e. The van der Waals surface area contributed by atoms with Crippen molar-refractivity contribution in [2.45, 2.75) is 6.04 Å². The fraction of sp³-hybridized carbons (Fsp3) is 0.235. The van der Waals surface area contributed by atoms with Crippen LogP contribution < -0.4 is 0 Å². The van der Waals surface area contributed by atoms with Crippen LogP contribution in [0, 0.1) is 5.82 Å². The Kier molecular flexibility index (Phi) is 4.63. The van der Waals surface area contributed by atoms with E-state index in [0.717, 1.165) is 0 Å². The molecular formula is C17H13Cl2FN4O3. The van der Waals surface area contributed by atoms with Gasteiger partial charge >= 0.3 is 6.09 Å². The van der Waals surface area contributed by atoms with Crippen LogP contribution in [0.5, 0.6) is 0 Å². The first-order chi connectivity index (χ1) is 13.0. The highest BCUT2D eigenvalue weighted by Crippen LogP contribution is 2.32. The first-order valence-electron chi connectivity index (χ1n) is 8.02. The smallest absolute Gasteiger partial charge is 0.407 e. The van der Waals surface area contributed by atoms with Crippen LogP contribution in [-0.2, 0) is 4.74 Å². The van der Waals surface area contributed by atoms with E-state index < -0.39 is 18.0 Å². The summed E-state index contributed by atoms with van der Waals surface area (Å²) in [6, 6.07) is 5.36. The standard InChI is InChI=1S/C17H13Cl2FN4O3/c18-14-6-11-15(19)21-8-22-16(11)24(14)9-1-2-10(12(20)5-9)13-7-27-4-3-23(13)17(25)26/h1-2,5-6,8,13H,3-4,7H2,(H,25,26). The number of amides is 1. The lowest BCUT2D eigenvalue weighted by Gasteiger charge is -2.33. The third kappa shape index (κ3) is 3.09. The molecule has 0 bridgehead atoms. The third-order valence-corrected chi connectivity index (χ3v) is 5.06. The number of aromatic nitrogens is 3. The summed E-state index contributed by atoms with van der Waals surface area (Å²) < 4.78 is 21.8. The van der Waals surface area contributed by atoms with Crippen molar-refractivity contribution in [2.75, 3.05) is 19.8 Å². The maximum Gasteiger partial charge on any atom is 0.407 e. The molecule has 1 N–H and O–H groups in total. The highest BCUT2D eigenvalue weighted by molar-refractivity contribution is 6.36. The molecule has 27 heavy (non-hydrogen) atoms. The van der Waals surface area contributed by atoms with Crippen LogP contribution >= 0.6 is 23.2 Å². The predicted octanol–water partition coefficient (Wildman–Crippen LogP) is 3.92. The van der Waals surface area contributed by atoms with Crippen molar-refractivity contribution in [1.82, 2.24) is 19.4 Å².